The average Bonchev–Trinajstić information content (AvgIpc) is 2.72. The van der Waals surface area contributed by atoms with Gasteiger partial charge in [0.1, 0.15) is 0 Å². The molecular formula is C21H21ClN2O3. The Balaban J connectivity index is 1.56. The van der Waals surface area contributed by atoms with Crippen LogP contribution in [0, 0.1) is 0 Å². The van der Waals surface area contributed by atoms with Crippen molar-refractivity contribution in [3.05, 3.63) is 70.8 Å². The van der Waals surface area contributed by atoms with Gasteiger partial charge in [0.15, 0.2) is 0 Å². The summed E-state index contributed by atoms with van der Waals surface area (Å²) in [6, 6.07) is 14.7. The third-order valence-electron chi connectivity index (χ3n) is 4.53. The molecule has 1 amide bonds. The molecule has 1 saturated heterocycles. The standard InChI is InChI=1S/C21H21ClN2O3/c1-27-21(26)17-9-6-16(7-10-17)8-11-20(25)24-14-12-23(13-15-24)19-5-3-2-4-18(19)22/h2-11H,12-15H2,1H3/b11-8+. The summed E-state index contributed by atoms with van der Waals surface area (Å²) in [6.07, 6.45) is 3.32. The first-order valence-corrected chi connectivity index (χ1v) is 9.11. The van der Waals surface area contributed by atoms with Gasteiger partial charge in [0.25, 0.3) is 0 Å². The molecule has 1 aliphatic rings. The minimum Gasteiger partial charge on any atom is -0.465 e. The van der Waals surface area contributed by atoms with Crippen LogP contribution in [0.4, 0.5) is 5.69 Å². The molecule has 0 N–H and O–H groups in total. The summed E-state index contributed by atoms with van der Waals surface area (Å²) in [5.74, 6) is -0.399. The maximum Gasteiger partial charge on any atom is 0.337 e. The number of piperazine rings is 1. The number of methoxy groups -OCH3 is 1. The first-order chi connectivity index (χ1) is 13.1. The van der Waals surface area contributed by atoms with Crippen LogP contribution >= 0.6 is 11.6 Å². The highest BCUT2D eigenvalue weighted by Gasteiger charge is 2.20. The quantitative estimate of drug-likeness (QED) is 0.598. The molecule has 140 valence electrons. The van der Waals surface area contributed by atoms with E-state index in [1.807, 2.05) is 29.2 Å². The SMILES string of the molecule is COC(=O)c1ccc(/C=C/C(=O)N2CCN(c3ccccc3Cl)CC2)cc1. The molecule has 1 fully saturated rings. The molecule has 0 aromatic heterocycles. The topological polar surface area (TPSA) is 49.9 Å². The smallest absolute Gasteiger partial charge is 0.337 e. The van der Waals surface area contributed by atoms with Crippen molar-refractivity contribution in [3.8, 4) is 0 Å². The lowest BCUT2D eigenvalue weighted by Crippen LogP contribution is -2.48. The number of halogens is 1. The molecule has 6 heteroatoms. The minimum absolute atomic E-state index is 0.0224. The summed E-state index contributed by atoms with van der Waals surface area (Å²) >= 11 is 6.25. The summed E-state index contributed by atoms with van der Waals surface area (Å²) in [5, 5.41) is 0.729. The van der Waals surface area contributed by atoms with Crippen LogP contribution in [0.3, 0.4) is 0 Å². The first kappa shape index (κ1) is 19.0. The van der Waals surface area contributed by atoms with Crippen molar-refractivity contribution < 1.29 is 14.3 Å². The fraction of sp³-hybridized carbons (Fsp3) is 0.238. The van der Waals surface area contributed by atoms with Crippen LogP contribution in [-0.4, -0.2) is 50.1 Å². The van der Waals surface area contributed by atoms with Crippen LogP contribution in [0.5, 0.6) is 0 Å². The molecular weight excluding hydrogens is 364 g/mol. The largest absolute Gasteiger partial charge is 0.465 e. The van der Waals surface area contributed by atoms with E-state index in [-0.39, 0.29) is 11.9 Å². The summed E-state index contributed by atoms with van der Waals surface area (Å²) in [5.41, 5.74) is 2.34. The van der Waals surface area contributed by atoms with Crippen LogP contribution < -0.4 is 4.90 Å². The zero-order valence-electron chi connectivity index (χ0n) is 15.1. The van der Waals surface area contributed by atoms with Crippen LogP contribution in [-0.2, 0) is 9.53 Å². The summed E-state index contributed by atoms with van der Waals surface area (Å²) in [4.78, 5) is 27.9. The Bertz CT molecular complexity index is 841. The van der Waals surface area contributed by atoms with Crippen LogP contribution in [0.15, 0.2) is 54.6 Å². The van der Waals surface area contributed by atoms with Gasteiger partial charge in [-0.1, -0.05) is 35.9 Å². The van der Waals surface area contributed by atoms with Crippen LogP contribution in [0.1, 0.15) is 15.9 Å². The third kappa shape index (κ3) is 4.68. The number of para-hydroxylation sites is 1. The maximum absolute atomic E-state index is 12.4. The Labute approximate surface area is 163 Å². The molecule has 0 radical (unpaired) electrons. The van der Waals surface area contributed by atoms with Gasteiger partial charge < -0.3 is 14.5 Å². The van der Waals surface area contributed by atoms with Crippen molar-refractivity contribution in [3.63, 3.8) is 0 Å². The number of carbonyl (C=O) groups excluding carboxylic acids is 2. The molecule has 0 bridgehead atoms. The van der Waals surface area contributed by atoms with E-state index >= 15 is 0 Å². The second-order valence-corrected chi connectivity index (χ2v) is 6.62. The molecule has 2 aromatic carbocycles. The molecule has 5 nitrogen and oxygen atoms in total. The Morgan fingerprint density at radius 1 is 1.00 bits per heavy atom. The van der Waals surface area contributed by atoms with Gasteiger partial charge in [-0.15, -0.1) is 0 Å². The van der Waals surface area contributed by atoms with E-state index < -0.39 is 0 Å². The molecule has 27 heavy (non-hydrogen) atoms. The van der Waals surface area contributed by atoms with Crippen LogP contribution in [0.25, 0.3) is 6.08 Å². The zero-order valence-corrected chi connectivity index (χ0v) is 15.9. The number of esters is 1. The summed E-state index contributed by atoms with van der Waals surface area (Å²) in [7, 11) is 1.35. The highest BCUT2D eigenvalue weighted by atomic mass is 35.5. The minimum atomic E-state index is -0.377. The Morgan fingerprint density at radius 3 is 2.30 bits per heavy atom. The Hall–Kier alpha value is -2.79. The number of anilines is 1. The molecule has 2 aromatic rings. The fourth-order valence-electron chi connectivity index (χ4n) is 3.00. The predicted octanol–water partition coefficient (Wildman–Crippen LogP) is 3.49. The number of nitrogens with zero attached hydrogens (tertiary/aromatic N) is 2. The van der Waals surface area contributed by atoms with Crippen LogP contribution in [0.2, 0.25) is 5.02 Å². The van der Waals surface area contributed by atoms with Gasteiger partial charge in [0.2, 0.25) is 5.91 Å². The van der Waals surface area contributed by atoms with E-state index in [0.29, 0.717) is 18.7 Å². The maximum atomic E-state index is 12.4. The molecule has 1 aliphatic heterocycles. The number of hydrogen-bond donors (Lipinski definition) is 0. The first-order valence-electron chi connectivity index (χ1n) is 8.73. The van der Waals surface area contributed by atoms with Gasteiger partial charge >= 0.3 is 5.97 Å². The van der Waals surface area contributed by atoms with Gasteiger partial charge in [0.05, 0.1) is 23.4 Å². The number of hydrogen-bond acceptors (Lipinski definition) is 4. The lowest BCUT2D eigenvalue weighted by Gasteiger charge is -2.36. The van der Waals surface area contributed by atoms with Crippen molar-refractivity contribution in [2.75, 3.05) is 38.2 Å². The van der Waals surface area contributed by atoms with E-state index in [1.165, 1.54) is 7.11 Å². The van der Waals surface area contributed by atoms with Crippen molar-refractivity contribution >= 4 is 35.2 Å². The summed E-state index contributed by atoms with van der Waals surface area (Å²) < 4.78 is 4.67. The molecule has 0 saturated carbocycles. The Morgan fingerprint density at radius 2 is 1.67 bits per heavy atom. The Kier molecular flexibility index (Phi) is 6.14. The lowest BCUT2D eigenvalue weighted by atomic mass is 10.1. The van der Waals surface area contributed by atoms with E-state index in [2.05, 4.69) is 9.64 Å². The highest BCUT2D eigenvalue weighted by Crippen LogP contribution is 2.26. The van der Waals surface area contributed by atoms with Gasteiger partial charge in [-0.3, -0.25) is 4.79 Å². The molecule has 0 aliphatic carbocycles. The van der Waals surface area contributed by atoms with Crippen molar-refractivity contribution in [1.82, 2.24) is 4.90 Å². The van der Waals surface area contributed by atoms with E-state index in [4.69, 9.17) is 11.6 Å². The second kappa shape index (κ2) is 8.73. The molecule has 0 unspecified atom stereocenters. The molecule has 3 rings (SSSR count). The van der Waals surface area contributed by atoms with Crippen molar-refractivity contribution in [1.29, 1.82) is 0 Å². The number of rotatable bonds is 4. The summed E-state index contributed by atoms with van der Waals surface area (Å²) in [6.45, 7) is 2.79. The van der Waals surface area contributed by atoms with E-state index in [9.17, 15) is 9.59 Å². The lowest BCUT2D eigenvalue weighted by molar-refractivity contribution is -0.126. The zero-order chi connectivity index (χ0) is 19.2. The highest BCUT2D eigenvalue weighted by molar-refractivity contribution is 6.33. The van der Waals surface area contributed by atoms with Gasteiger partial charge in [-0.2, -0.15) is 0 Å². The molecule has 0 atom stereocenters. The third-order valence-corrected chi connectivity index (χ3v) is 4.85. The molecule has 1 heterocycles. The van der Waals surface area contributed by atoms with E-state index in [1.54, 1.807) is 36.4 Å². The average molecular weight is 385 g/mol. The van der Waals surface area contributed by atoms with E-state index in [0.717, 1.165) is 29.4 Å². The predicted molar refractivity (Wildman–Crippen MR) is 107 cm³/mol. The van der Waals surface area contributed by atoms with Gasteiger partial charge in [-0.05, 0) is 35.9 Å². The van der Waals surface area contributed by atoms with Gasteiger partial charge in [0, 0.05) is 32.3 Å². The van der Waals surface area contributed by atoms with Crippen molar-refractivity contribution in [2.24, 2.45) is 0 Å². The normalized spacial score (nSPS) is 14.4. The number of amides is 1. The number of ether oxygens (including phenoxy) is 1. The van der Waals surface area contributed by atoms with Gasteiger partial charge in [-0.25, -0.2) is 4.79 Å². The fourth-order valence-corrected chi connectivity index (χ4v) is 3.25. The number of carbonyl (C=O) groups is 2. The monoisotopic (exact) mass is 384 g/mol. The number of benzene rings is 2. The van der Waals surface area contributed by atoms with Crippen molar-refractivity contribution in [2.45, 2.75) is 0 Å². The second-order valence-electron chi connectivity index (χ2n) is 6.21. The molecule has 0 spiro atoms.